The van der Waals surface area contributed by atoms with Gasteiger partial charge in [-0.25, -0.2) is 0 Å². The van der Waals surface area contributed by atoms with E-state index in [2.05, 4.69) is 0 Å². The van der Waals surface area contributed by atoms with Gasteiger partial charge in [0, 0.05) is 6.92 Å². The van der Waals surface area contributed by atoms with Crippen molar-refractivity contribution in [3.63, 3.8) is 0 Å². The zero-order valence-corrected chi connectivity index (χ0v) is 11.7. The maximum atomic E-state index is 12.5. The van der Waals surface area contributed by atoms with Crippen molar-refractivity contribution in [1.29, 1.82) is 0 Å². The van der Waals surface area contributed by atoms with Gasteiger partial charge in [-0.05, 0) is 5.56 Å². The molecule has 0 radical (unpaired) electrons. The molecule has 0 unspecified atom stereocenters. The monoisotopic (exact) mass is 277 g/mol. The van der Waals surface area contributed by atoms with Crippen LogP contribution in [0.2, 0.25) is 0 Å². The molecule has 5 nitrogen and oxygen atoms in total. The lowest BCUT2D eigenvalue weighted by Crippen LogP contribution is -3.20. The van der Waals surface area contributed by atoms with E-state index in [1.807, 2.05) is 30.3 Å². The Kier molecular flexibility index (Phi) is 3.50. The molecule has 0 aliphatic carbocycles. The predicted molar refractivity (Wildman–Crippen MR) is 74.6 cm³/mol. The van der Waals surface area contributed by atoms with Gasteiger partial charge in [-0.2, -0.15) is 4.74 Å². The van der Waals surface area contributed by atoms with Crippen LogP contribution in [-0.2, 0) is 10.3 Å². The van der Waals surface area contributed by atoms with Gasteiger partial charge in [0.2, 0.25) is 5.60 Å². The third kappa shape index (κ3) is 2.12. The molecule has 0 aromatic heterocycles. The molecule has 5 heteroatoms. The van der Waals surface area contributed by atoms with Crippen LogP contribution in [0.4, 0.5) is 0 Å². The summed E-state index contributed by atoms with van der Waals surface area (Å²) in [4.78, 5) is 1.11. The quantitative estimate of drug-likeness (QED) is 0.565. The fourth-order valence-corrected chi connectivity index (χ4v) is 3.38. The van der Waals surface area contributed by atoms with Crippen molar-refractivity contribution in [3.05, 3.63) is 41.1 Å². The fourth-order valence-electron chi connectivity index (χ4n) is 3.38. The second-order valence-corrected chi connectivity index (χ2v) is 5.70. The molecule has 108 valence electrons. The number of nitrogens with zero attached hydrogens (tertiary/aromatic N) is 1. The first kappa shape index (κ1) is 13.5. The van der Waals surface area contributed by atoms with Crippen LogP contribution in [0.3, 0.4) is 0 Å². The highest BCUT2D eigenvalue weighted by Gasteiger charge is 2.57. The summed E-state index contributed by atoms with van der Waals surface area (Å²) in [5, 5.41) is 23.6. The van der Waals surface area contributed by atoms with E-state index in [1.54, 1.807) is 6.92 Å². The lowest BCUT2D eigenvalue weighted by Gasteiger charge is -2.34. The predicted octanol–water partition coefficient (Wildman–Crippen LogP) is -0.510. The summed E-state index contributed by atoms with van der Waals surface area (Å²) in [6.45, 7) is 4.60. The topological polar surface area (TPSA) is 60.0 Å². The van der Waals surface area contributed by atoms with Crippen molar-refractivity contribution in [2.45, 2.75) is 25.1 Å². The molecule has 0 amide bonds. The van der Waals surface area contributed by atoms with Gasteiger partial charge in [-0.1, -0.05) is 30.3 Å². The smallest absolute Gasteiger partial charge is 0.322 e. The third-order valence-electron chi connectivity index (χ3n) is 4.38. The molecule has 2 N–H and O–H groups in total. The first-order valence-electron chi connectivity index (χ1n) is 7.12. The van der Waals surface area contributed by atoms with E-state index in [4.69, 9.17) is 4.74 Å². The van der Waals surface area contributed by atoms with Crippen molar-refractivity contribution in [3.8, 4) is 0 Å². The van der Waals surface area contributed by atoms with Gasteiger partial charge in [0.25, 0.3) is 0 Å². The number of ether oxygens (including phenoxy) is 1. The minimum absolute atomic E-state index is 0.398. The summed E-state index contributed by atoms with van der Waals surface area (Å²) in [5.41, 5.74) is 0.404. The Bertz CT molecular complexity index is 511. The number of hydrogen-bond acceptors (Lipinski definition) is 3. The average molecular weight is 277 g/mol. The molecule has 0 bridgehead atoms. The second-order valence-electron chi connectivity index (χ2n) is 5.70. The van der Waals surface area contributed by atoms with Gasteiger partial charge < -0.3 is 15.1 Å². The number of morpholine rings is 1. The molecular formula is C15H21N2O3+. The maximum Gasteiger partial charge on any atom is 0.322 e. The second kappa shape index (κ2) is 5.16. The summed E-state index contributed by atoms with van der Waals surface area (Å²) >= 11 is 0. The molecule has 2 atom stereocenters. The van der Waals surface area contributed by atoms with E-state index in [0.717, 1.165) is 28.3 Å². The Hall–Kier alpha value is -1.43. The first-order valence-corrected chi connectivity index (χ1v) is 7.12. The van der Waals surface area contributed by atoms with Crippen LogP contribution in [0.15, 0.2) is 30.3 Å². The van der Waals surface area contributed by atoms with Gasteiger partial charge in [0.1, 0.15) is 13.1 Å². The Morgan fingerprint density at radius 2 is 1.95 bits per heavy atom. The van der Waals surface area contributed by atoms with Gasteiger partial charge in [0.15, 0.2) is 5.71 Å². The zero-order valence-electron chi connectivity index (χ0n) is 11.7. The number of hydroxylamine groups is 1. The van der Waals surface area contributed by atoms with Crippen molar-refractivity contribution in [2.24, 2.45) is 0 Å². The summed E-state index contributed by atoms with van der Waals surface area (Å²) in [7, 11) is 0. The van der Waals surface area contributed by atoms with E-state index in [1.165, 1.54) is 0 Å². The highest BCUT2D eigenvalue weighted by molar-refractivity contribution is 5.80. The minimum atomic E-state index is -1.11. The van der Waals surface area contributed by atoms with Crippen LogP contribution >= 0.6 is 0 Å². The van der Waals surface area contributed by atoms with Crippen LogP contribution < -0.4 is 4.90 Å². The van der Waals surface area contributed by atoms with Crippen molar-refractivity contribution >= 4 is 5.71 Å². The molecule has 1 saturated heterocycles. The van der Waals surface area contributed by atoms with Crippen molar-refractivity contribution in [1.82, 2.24) is 0 Å². The number of aliphatic hydroxyl groups is 1. The number of hydrogen-bond donors (Lipinski definition) is 2. The number of benzene rings is 1. The molecule has 2 aliphatic heterocycles. The molecule has 2 aliphatic rings. The Balaban J connectivity index is 1.97. The fraction of sp³-hybridized carbons (Fsp3) is 0.533. The Morgan fingerprint density at radius 1 is 1.30 bits per heavy atom. The lowest BCUT2D eigenvalue weighted by molar-refractivity contribution is -1.01. The Morgan fingerprint density at radius 3 is 2.60 bits per heavy atom. The highest BCUT2D eigenvalue weighted by Crippen LogP contribution is 2.33. The highest BCUT2D eigenvalue weighted by atomic mass is 16.5. The average Bonchev–Trinajstić information content (AvgIpc) is 2.72. The summed E-state index contributed by atoms with van der Waals surface area (Å²) < 4.78 is 6.37. The molecule has 3 rings (SSSR count). The Labute approximate surface area is 118 Å². The lowest BCUT2D eigenvalue weighted by atomic mass is 9.87. The molecule has 1 fully saturated rings. The van der Waals surface area contributed by atoms with Crippen molar-refractivity contribution < 1.29 is 19.5 Å². The van der Waals surface area contributed by atoms with Gasteiger partial charge in [-0.3, -0.25) is 4.90 Å². The molecule has 2 heterocycles. The zero-order chi connectivity index (χ0) is 14.2. The normalized spacial score (nSPS) is 31.8. The molecule has 1 aromatic carbocycles. The van der Waals surface area contributed by atoms with E-state index in [0.29, 0.717) is 25.3 Å². The van der Waals surface area contributed by atoms with E-state index in [-0.39, 0.29) is 0 Å². The molecule has 1 aromatic rings. The maximum absolute atomic E-state index is 12.5. The van der Waals surface area contributed by atoms with E-state index < -0.39 is 11.8 Å². The molecule has 0 saturated carbocycles. The van der Waals surface area contributed by atoms with Crippen LogP contribution in [0.1, 0.15) is 18.9 Å². The third-order valence-corrected chi connectivity index (χ3v) is 4.38. The SMILES string of the molecule is CC1=[N+]([O-])[C@H]([NH+]2CCOCC2)[C@@](O)(c2ccccc2)C1. The van der Waals surface area contributed by atoms with Gasteiger partial charge >= 0.3 is 6.17 Å². The summed E-state index contributed by atoms with van der Waals surface area (Å²) in [5.74, 6) is 0. The van der Waals surface area contributed by atoms with Crippen LogP contribution in [0.25, 0.3) is 0 Å². The first-order chi connectivity index (χ1) is 9.63. The standard InChI is InChI=1S/C15H20N2O3/c1-12-11-15(18,13-5-3-2-4-6-13)14(17(12)19)16-7-9-20-10-8-16/h2-6,14,18H,7-11H2,1H3/p+1/t14-,15-/m0/s1. The summed E-state index contributed by atoms with van der Waals surface area (Å²) in [6.07, 6.45) is -0.0796. The van der Waals surface area contributed by atoms with E-state index >= 15 is 0 Å². The van der Waals surface area contributed by atoms with Gasteiger partial charge in [0.05, 0.1) is 19.6 Å². The number of quaternary nitrogens is 1. The van der Waals surface area contributed by atoms with Crippen LogP contribution in [-0.4, -0.2) is 48.0 Å². The molecule has 0 spiro atoms. The van der Waals surface area contributed by atoms with Gasteiger partial charge in [-0.15, -0.1) is 0 Å². The van der Waals surface area contributed by atoms with Crippen molar-refractivity contribution in [2.75, 3.05) is 26.3 Å². The van der Waals surface area contributed by atoms with Crippen LogP contribution in [0.5, 0.6) is 0 Å². The minimum Gasteiger partial charge on any atom is -0.619 e. The molecular weight excluding hydrogens is 256 g/mol. The number of rotatable bonds is 2. The van der Waals surface area contributed by atoms with Crippen LogP contribution in [0, 0.1) is 5.21 Å². The summed E-state index contributed by atoms with van der Waals surface area (Å²) in [6, 6.07) is 9.53. The van der Waals surface area contributed by atoms with E-state index in [9.17, 15) is 10.3 Å². The largest absolute Gasteiger partial charge is 0.619 e. The number of nitrogens with one attached hydrogen (secondary N) is 1. The molecule has 20 heavy (non-hydrogen) atoms.